The van der Waals surface area contributed by atoms with Crippen molar-refractivity contribution in [2.75, 3.05) is 11.9 Å². The van der Waals surface area contributed by atoms with Crippen LogP contribution in [0.4, 0.5) is 10.2 Å². The zero-order valence-electron chi connectivity index (χ0n) is 14.8. The first-order valence-corrected chi connectivity index (χ1v) is 9.12. The molecule has 5 rings (SSSR count). The monoisotopic (exact) mass is 369 g/mol. The Hall–Kier alpha value is -2.81. The third kappa shape index (κ3) is 2.61. The summed E-state index contributed by atoms with van der Waals surface area (Å²) in [7, 11) is 1.86. The number of piperidine rings is 1. The molecule has 3 aromatic rings. The van der Waals surface area contributed by atoms with Crippen LogP contribution >= 0.6 is 0 Å². The van der Waals surface area contributed by atoms with E-state index in [0.29, 0.717) is 28.8 Å². The summed E-state index contributed by atoms with van der Waals surface area (Å²) in [6.07, 6.45) is 9.71. The molecule has 0 aliphatic carbocycles. The second-order valence-corrected chi connectivity index (χ2v) is 7.30. The van der Waals surface area contributed by atoms with Gasteiger partial charge in [-0.15, -0.1) is 0 Å². The second-order valence-electron chi connectivity index (χ2n) is 7.30. The number of hydrogen-bond acceptors (Lipinski definition) is 6. The minimum Gasteiger partial charge on any atom is -0.352 e. The lowest BCUT2D eigenvalue weighted by Crippen LogP contribution is -2.55. The lowest BCUT2D eigenvalue weighted by molar-refractivity contribution is 0.176. The Morgan fingerprint density at radius 1 is 1.26 bits per heavy atom. The van der Waals surface area contributed by atoms with Crippen molar-refractivity contribution in [3.05, 3.63) is 41.2 Å². The molecule has 5 heterocycles. The normalized spacial score (nSPS) is 27.2. The highest BCUT2D eigenvalue weighted by atomic mass is 19.1. The van der Waals surface area contributed by atoms with E-state index in [0.717, 1.165) is 19.3 Å². The van der Waals surface area contributed by atoms with Crippen LogP contribution in [0.5, 0.6) is 0 Å². The molecule has 0 saturated carbocycles. The van der Waals surface area contributed by atoms with Crippen LogP contribution < -0.4 is 15.6 Å². The molecule has 2 bridgehead atoms. The van der Waals surface area contributed by atoms with Crippen molar-refractivity contribution in [1.82, 2.24) is 29.9 Å². The summed E-state index contributed by atoms with van der Waals surface area (Å²) >= 11 is 0. The van der Waals surface area contributed by atoms with Gasteiger partial charge in [0.2, 0.25) is 11.1 Å². The van der Waals surface area contributed by atoms with Gasteiger partial charge in [-0.3, -0.25) is 14.9 Å². The van der Waals surface area contributed by atoms with E-state index < -0.39 is 6.17 Å². The zero-order chi connectivity index (χ0) is 18.5. The fourth-order valence-corrected chi connectivity index (χ4v) is 4.25. The molecule has 0 aromatic carbocycles. The minimum absolute atomic E-state index is 0.0664. The number of nitrogens with one attached hydrogen (secondary N) is 2. The minimum atomic E-state index is -0.930. The quantitative estimate of drug-likeness (QED) is 0.720. The van der Waals surface area contributed by atoms with E-state index in [-0.39, 0.29) is 17.5 Å². The zero-order valence-corrected chi connectivity index (χ0v) is 14.8. The summed E-state index contributed by atoms with van der Waals surface area (Å²) in [6.45, 7) is 0. The Morgan fingerprint density at radius 3 is 2.96 bits per heavy atom. The van der Waals surface area contributed by atoms with Crippen molar-refractivity contribution in [3.63, 3.8) is 0 Å². The summed E-state index contributed by atoms with van der Waals surface area (Å²) in [6, 6.07) is 0.0957. The molecule has 2 fully saturated rings. The first-order chi connectivity index (χ1) is 13.1. The van der Waals surface area contributed by atoms with E-state index in [1.54, 1.807) is 35.5 Å². The maximum atomic E-state index is 14.8. The lowest BCUT2D eigenvalue weighted by atomic mass is 9.96. The summed E-state index contributed by atoms with van der Waals surface area (Å²) in [5.74, 6) is 0.603. The SMILES string of the molecule is CN(c1cnc(-c2c[nH]n3ccnc3c2=O)cn1)[C@H]1CC2CCC(N2)[C@H]1F. The molecule has 27 heavy (non-hydrogen) atoms. The molecule has 0 spiro atoms. The third-order valence-electron chi connectivity index (χ3n) is 5.76. The number of H-pyrrole nitrogens is 1. The predicted molar refractivity (Wildman–Crippen MR) is 98.5 cm³/mol. The van der Waals surface area contributed by atoms with Gasteiger partial charge < -0.3 is 10.2 Å². The van der Waals surface area contributed by atoms with Crippen LogP contribution in [0.25, 0.3) is 16.9 Å². The predicted octanol–water partition coefficient (Wildman–Crippen LogP) is 1.15. The number of aromatic nitrogens is 5. The van der Waals surface area contributed by atoms with Crippen molar-refractivity contribution in [2.45, 2.75) is 43.6 Å². The number of fused-ring (bicyclic) bond motifs is 3. The fourth-order valence-electron chi connectivity index (χ4n) is 4.25. The standard InChI is InChI=1S/C18H20FN7O/c1-25(14-6-10-2-3-12(24-10)16(14)19)15-9-21-13(8-22-15)11-7-23-26-5-4-20-18(26)17(11)27/h4-5,7-10,12,14,16,23-24H,2-3,6H2,1H3/t10?,12?,14-,16+/m0/s1. The Labute approximate surface area is 154 Å². The molecule has 2 aliphatic heterocycles. The van der Waals surface area contributed by atoms with Crippen molar-refractivity contribution < 1.29 is 4.39 Å². The van der Waals surface area contributed by atoms with Gasteiger partial charge in [0.25, 0.3) is 0 Å². The van der Waals surface area contributed by atoms with Gasteiger partial charge in [-0.05, 0) is 19.3 Å². The van der Waals surface area contributed by atoms with E-state index in [4.69, 9.17) is 0 Å². The van der Waals surface area contributed by atoms with Gasteiger partial charge in [0.1, 0.15) is 12.0 Å². The molecule has 0 radical (unpaired) electrons. The highest BCUT2D eigenvalue weighted by Crippen LogP contribution is 2.33. The number of imidazole rings is 1. The molecule has 2 aliphatic rings. The van der Waals surface area contributed by atoms with Crippen LogP contribution in [0, 0.1) is 0 Å². The Kier molecular flexibility index (Phi) is 3.71. The number of hydrogen-bond donors (Lipinski definition) is 2. The molecular formula is C18H20FN7O. The molecule has 2 unspecified atom stereocenters. The Balaban J connectivity index is 1.42. The summed E-state index contributed by atoms with van der Waals surface area (Å²) in [5, 5.41) is 6.31. The van der Waals surface area contributed by atoms with Gasteiger partial charge in [-0.25, -0.2) is 18.9 Å². The number of alkyl halides is 1. The van der Waals surface area contributed by atoms with Crippen LogP contribution in [-0.2, 0) is 0 Å². The molecule has 2 N–H and O–H groups in total. The number of nitrogens with zero attached hydrogens (tertiary/aromatic N) is 5. The van der Waals surface area contributed by atoms with Crippen LogP contribution in [0.3, 0.4) is 0 Å². The Bertz CT molecular complexity index is 1030. The smallest absolute Gasteiger partial charge is 0.233 e. The maximum Gasteiger partial charge on any atom is 0.233 e. The van der Waals surface area contributed by atoms with E-state index in [1.165, 1.54) is 0 Å². The van der Waals surface area contributed by atoms with Crippen LogP contribution in [0.2, 0.25) is 0 Å². The topological polar surface area (TPSA) is 91.2 Å². The second kappa shape index (κ2) is 6.12. The molecule has 3 aromatic heterocycles. The third-order valence-corrected chi connectivity index (χ3v) is 5.76. The number of rotatable bonds is 3. The average molecular weight is 369 g/mol. The highest BCUT2D eigenvalue weighted by molar-refractivity contribution is 5.62. The van der Waals surface area contributed by atoms with Crippen LogP contribution in [-0.4, -0.2) is 55.9 Å². The van der Waals surface area contributed by atoms with Gasteiger partial charge in [0.05, 0.1) is 29.7 Å². The lowest BCUT2D eigenvalue weighted by Gasteiger charge is -2.38. The van der Waals surface area contributed by atoms with Gasteiger partial charge >= 0.3 is 0 Å². The van der Waals surface area contributed by atoms with Gasteiger partial charge in [0.15, 0.2) is 0 Å². The van der Waals surface area contributed by atoms with Crippen molar-refractivity contribution in [3.8, 4) is 11.3 Å². The van der Waals surface area contributed by atoms with Crippen molar-refractivity contribution in [1.29, 1.82) is 0 Å². The van der Waals surface area contributed by atoms with Crippen molar-refractivity contribution >= 4 is 11.5 Å². The fraction of sp³-hybridized carbons (Fsp3) is 0.444. The largest absolute Gasteiger partial charge is 0.352 e. The van der Waals surface area contributed by atoms with E-state index >= 15 is 0 Å². The van der Waals surface area contributed by atoms with Gasteiger partial charge in [0, 0.05) is 37.7 Å². The number of halogens is 1. The van der Waals surface area contributed by atoms with E-state index in [9.17, 15) is 9.18 Å². The van der Waals surface area contributed by atoms with Gasteiger partial charge in [-0.1, -0.05) is 0 Å². The number of anilines is 1. The summed E-state index contributed by atoms with van der Waals surface area (Å²) in [5.41, 5.74) is 0.952. The summed E-state index contributed by atoms with van der Waals surface area (Å²) < 4.78 is 16.3. The molecule has 140 valence electrons. The maximum absolute atomic E-state index is 14.8. The Morgan fingerprint density at radius 2 is 2.15 bits per heavy atom. The molecule has 2 saturated heterocycles. The van der Waals surface area contributed by atoms with Gasteiger partial charge in [-0.2, -0.15) is 0 Å². The molecule has 4 atom stereocenters. The van der Waals surface area contributed by atoms with Crippen molar-refractivity contribution in [2.24, 2.45) is 0 Å². The van der Waals surface area contributed by atoms with Crippen LogP contribution in [0.15, 0.2) is 35.8 Å². The number of aromatic amines is 1. The summed E-state index contributed by atoms with van der Waals surface area (Å²) in [4.78, 5) is 27.3. The average Bonchev–Trinajstić information content (AvgIpc) is 3.33. The highest BCUT2D eigenvalue weighted by Gasteiger charge is 2.43. The molecule has 0 amide bonds. The molecular weight excluding hydrogens is 349 g/mol. The van der Waals surface area contributed by atoms with E-state index in [2.05, 4.69) is 25.4 Å². The first kappa shape index (κ1) is 16.4. The van der Waals surface area contributed by atoms with Crippen LogP contribution in [0.1, 0.15) is 19.3 Å². The molecule has 8 nitrogen and oxygen atoms in total. The molecule has 9 heteroatoms. The van der Waals surface area contributed by atoms with E-state index in [1.807, 2.05) is 11.9 Å². The first-order valence-electron chi connectivity index (χ1n) is 9.12.